The van der Waals surface area contributed by atoms with Crippen molar-refractivity contribution < 1.29 is 15.7 Å². The lowest BCUT2D eigenvalue weighted by molar-refractivity contribution is -0.766. The molecular weight excluding hydrogens is 152 g/mol. The summed E-state index contributed by atoms with van der Waals surface area (Å²) in [5.41, 5.74) is 0.288. The summed E-state index contributed by atoms with van der Waals surface area (Å²) in [5.74, 6) is 0. The molecule has 0 radical (unpaired) electrons. The maximum atomic E-state index is 10.2. The zero-order chi connectivity index (χ0) is 8.82. The molecule has 12 heavy (non-hydrogen) atoms. The molecule has 2 aliphatic rings. The zero-order valence-electron chi connectivity index (χ0n) is 8.01. The maximum Gasteiger partial charge on any atom is 0.0920 e. The number of fused-ring (bicyclic) bond motifs is 2. The minimum atomic E-state index is -0.0972. The van der Waals surface area contributed by atoms with Crippen molar-refractivity contribution >= 4 is 0 Å². The molecule has 0 unspecified atom stereocenters. The van der Waals surface area contributed by atoms with E-state index in [1.807, 2.05) is 0 Å². The van der Waals surface area contributed by atoms with Crippen molar-refractivity contribution in [2.24, 2.45) is 10.8 Å². The Morgan fingerprint density at radius 1 is 1.00 bits per heavy atom. The van der Waals surface area contributed by atoms with E-state index < -0.39 is 0 Å². The number of aliphatic hydroxyl groups is 1. The molecule has 2 aliphatic heterocycles. The van der Waals surface area contributed by atoms with Crippen LogP contribution in [0.5, 0.6) is 0 Å². The van der Waals surface area contributed by atoms with E-state index in [1.54, 1.807) is 0 Å². The van der Waals surface area contributed by atoms with Crippen molar-refractivity contribution in [1.29, 1.82) is 0 Å². The van der Waals surface area contributed by atoms with Crippen LogP contribution in [0.2, 0.25) is 0 Å². The molecule has 2 saturated heterocycles. The number of quaternary nitrogens is 2. The van der Waals surface area contributed by atoms with Gasteiger partial charge in [-0.25, -0.2) is 0 Å². The van der Waals surface area contributed by atoms with Gasteiger partial charge in [-0.1, -0.05) is 0 Å². The Morgan fingerprint density at radius 2 is 1.33 bits per heavy atom. The van der Waals surface area contributed by atoms with Crippen LogP contribution in [-0.2, 0) is 0 Å². The summed E-state index contributed by atoms with van der Waals surface area (Å²) in [6.07, 6.45) is -0.0972. The van der Waals surface area contributed by atoms with Crippen LogP contribution in [0.15, 0.2) is 0 Å². The largest absolute Gasteiger partial charge is 0.391 e. The average Bonchev–Trinajstić information content (AvgIpc) is 1.97. The molecular formula is C9H20N2O+2. The van der Waals surface area contributed by atoms with Crippen LogP contribution >= 0.6 is 0 Å². The van der Waals surface area contributed by atoms with E-state index >= 15 is 0 Å². The molecule has 0 saturated carbocycles. The van der Waals surface area contributed by atoms with Gasteiger partial charge in [0.1, 0.15) is 0 Å². The number of nitrogens with two attached hydrogens (primary N) is 2. The minimum Gasteiger partial charge on any atom is -0.391 e. The highest BCUT2D eigenvalue weighted by Gasteiger charge is 2.56. The van der Waals surface area contributed by atoms with Crippen LogP contribution in [0.3, 0.4) is 0 Å². The highest BCUT2D eigenvalue weighted by molar-refractivity contribution is 4.96. The standard InChI is InChI=1S/C9H18N2O/c1-8-3-10-5-9(2,7(8)12)6-11-4-8/h7,10-12H,3-6H2,1-2H3/p+2. The summed E-state index contributed by atoms with van der Waals surface area (Å²) in [5, 5.41) is 14.9. The Labute approximate surface area is 73.5 Å². The molecule has 2 heterocycles. The topological polar surface area (TPSA) is 53.5 Å². The molecule has 5 N–H and O–H groups in total. The summed E-state index contributed by atoms with van der Waals surface area (Å²) < 4.78 is 0. The van der Waals surface area contributed by atoms with Gasteiger partial charge in [-0.3, -0.25) is 0 Å². The van der Waals surface area contributed by atoms with Gasteiger partial charge in [-0.2, -0.15) is 0 Å². The fourth-order valence-electron chi connectivity index (χ4n) is 2.92. The van der Waals surface area contributed by atoms with Crippen molar-refractivity contribution in [1.82, 2.24) is 0 Å². The third-order valence-corrected chi connectivity index (χ3v) is 3.76. The molecule has 2 rings (SSSR count). The maximum absolute atomic E-state index is 10.2. The highest BCUT2D eigenvalue weighted by Crippen LogP contribution is 2.35. The van der Waals surface area contributed by atoms with Crippen molar-refractivity contribution in [3.05, 3.63) is 0 Å². The molecule has 0 aromatic heterocycles. The summed E-state index contributed by atoms with van der Waals surface area (Å²) in [7, 11) is 0. The molecule has 3 nitrogen and oxygen atoms in total. The number of rotatable bonds is 0. The molecule has 2 fully saturated rings. The van der Waals surface area contributed by atoms with Gasteiger partial charge in [0.2, 0.25) is 0 Å². The first kappa shape index (κ1) is 8.48. The van der Waals surface area contributed by atoms with Gasteiger partial charge < -0.3 is 15.7 Å². The van der Waals surface area contributed by atoms with Crippen molar-refractivity contribution in [2.75, 3.05) is 26.2 Å². The second-order valence-electron chi connectivity index (χ2n) is 5.10. The predicted octanol–water partition coefficient (Wildman–Crippen LogP) is -2.49. The van der Waals surface area contributed by atoms with Crippen LogP contribution in [0.4, 0.5) is 0 Å². The summed E-state index contributed by atoms with van der Waals surface area (Å²) in [6.45, 7) is 8.75. The average molecular weight is 172 g/mol. The molecule has 0 aliphatic carbocycles. The fraction of sp³-hybridized carbons (Fsp3) is 1.00. The van der Waals surface area contributed by atoms with Gasteiger partial charge in [0.05, 0.1) is 43.1 Å². The van der Waals surface area contributed by atoms with Crippen LogP contribution in [0.25, 0.3) is 0 Å². The number of hydrogen-bond acceptors (Lipinski definition) is 1. The SMILES string of the molecule is CC12C[NH2+]CC(C)(C[NH2+]C1)C2O. The molecule has 0 aromatic rings. The van der Waals surface area contributed by atoms with Crippen LogP contribution in [0.1, 0.15) is 13.8 Å². The van der Waals surface area contributed by atoms with Crippen molar-refractivity contribution in [3.63, 3.8) is 0 Å². The molecule has 3 heteroatoms. The van der Waals surface area contributed by atoms with Gasteiger partial charge in [-0.05, 0) is 13.8 Å². The van der Waals surface area contributed by atoms with Crippen molar-refractivity contribution in [2.45, 2.75) is 20.0 Å². The molecule has 0 spiro atoms. The lowest BCUT2D eigenvalue weighted by atomic mass is 9.64. The van der Waals surface area contributed by atoms with Crippen molar-refractivity contribution in [3.8, 4) is 0 Å². The molecule has 0 amide bonds. The molecule has 0 aromatic carbocycles. The number of aliphatic hydroxyl groups excluding tert-OH is 1. The van der Waals surface area contributed by atoms with E-state index in [9.17, 15) is 5.11 Å². The van der Waals surface area contributed by atoms with Gasteiger partial charge in [0.25, 0.3) is 0 Å². The molecule has 70 valence electrons. The third-order valence-electron chi connectivity index (χ3n) is 3.76. The normalized spacial score (nSPS) is 53.8. The van der Waals surface area contributed by atoms with Crippen LogP contribution in [-0.4, -0.2) is 37.4 Å². The first-order valence-corrected chi connectivity index (χ1v) is 4.88. The Balaban J connectivity index is 2.27. The Hall–Kier alpha value is -0.120. The Bertz CT molecular complexity index is 165. The van der Waals surface area contributed by atoms with Gasteiger partial charge >= 0.3 is 0 Å². The summed E-state index contributed by atoms with van der Waals surface area (Å²) in [4.78, 5) is 0. The Kier molecular flexibility index (Phi) is 1.72. The highest BCUT2D eigenvalue weighted by atomic mass is 16.3. The van der Waals surface area contributed by atoms with E-state index in [1.165, 1.54) is 0 Å². The smallest absolute Gasteiger partial charge is 0.0920 e. The van der Waals surface area contributed by atoms with Gasteiger partial charge in [0.15, 0.2) is 0 Å². The zero-order valence-corrected chi connectivity index (χ0v) is 8.01. The lowest BCUT2D eigenvalue weighted by Crippen LogP contribution is -3.05. The van der Waals surface area contributed by atoms with E-state index in [-0.39, 0.29) is 16.9 Å². The van der Waals surface area contributed by atoms with Gasteiger partial charge in [0, 0.05) is 0 Å². The predicted molar refractivity (Wildman–Crippen MR) is 45.5 cm³/mol. The van der Waals surface area contributed by atoms with Crippen LogP contribution < -0.4 is 10.6 Å². The second kappa shape index (κ2) is 2.44. The van der Waals surface area contributed by atoms with E-state index in [0.717, 1.165) is 26.2 Å². The van der Waals surface area contributed by atoms with E-state index in [4.69, 9.17) is 0 Å². The summed E-state index contributed by atoms with van der Waals surface area (Å²) in [6, 6.07) is 0. The van der Waals surface area contributed by atoms with Crippen LogP contribution in [0, 0.1) is 10.8 Å². The third kappa shape index (κ3) is 1.00. The summed E-state index contributed by atoms with van der Waals surface area (Å²) >= 11 is 0. The second-order valence-corrected chi connectivity index (χ2v) is 5.10. The first-order valence-electron chi connectivity index (χ1n) is 4.88. The minimum absolute atomic E-state index is 0.0972. The Morgan fingerprint density at radius 3 is 1.58 bits per heavy atom. The van der Waals surface area contributed by atoms with E-state index in [2.05, 4.69) is 24.5 Å². The number of piperidine rings is 2. The number of hydrogen-bond donors (Lipinski definition) is 3. The first-order chi connectivity index (χ1) is 5.57. The lowest BCUT2D eigenvalue weighted by Gasteiger charge is -2.49. The fourth-order valence-corrected chi connectivity index (χ4v) is 2.92. The van der Waals surface area contributed by atoms with E-state index in [0.29, 0.717) is 0 Å². The quantitative estimate of drug-likeness (QED) is 0.372. The molecule has 2 bridgehead atoms. The monoisotopic (exact) mass is 172 g/mol. The molecule has 0 atom stereocenters. The van der Waals surface area contributed by atoms with Gasteiger partial charge in [-0.15, -0.1) is 0 Å².